The van der Waals surface area contributed by atoms with Crippen molar-refractivity contribution in [2.24, 2.45) is 7.05 Å². The van der Waals surface area contributed by atoms with Gasteiger partial charge in [0.05, 0.1) is 23.1 Å². The number of anilines is 1. The van der Waals surface area contributed by atoms with Crippen LogP contribution in [0.5, 0.6) is 0 Å². The van der Waals surface area contributed by atoms with Crippen LogP contribution in [0.25, 0.3) is 10.9 Å². The van der Waals surface area contributed by atoms with Gasteiger partial charge in [-0.25, -0.2) is 4.79 Å². The number of para-hydroxylation sites is 1. The van der Waals surface area contributed by atoms with Crippen LogP contribution in [0.1, 0.15) is 30.1 Å². The number of esters is 1. The molecule has 0 radical (unpaired) electrons. The molecule has 2 saturated heterocycles. The molecule has 0 aliphatic carbocycles. The third-order valence-corrected chi connectivity index (χ3v) is 7.23. The summed E-state index contributed by atoms with van der Waals surface area (Å²) in [7, 11) is 1.67. The Hall–Kier alpha value is -2.48. The maximum Gasteiger partial charge on any atom is 0.345 e. The van der Waals surface area contributed by atoms with E-state index in [9.17, 15) is 14.4 Å². The first-order valence-electron chi connectivity index (χ1n) is 10.5. The number of carbonyl (C=O) groups is 2. The maximum atomic E-state index is 13.1. The van der Waals surface area contributed by atoms with Gasteiger partial charge >= 0.3 is 5.97 Å². The zero-order valence-electron chi connectivity index (χ0n) is 17.4. The molecule has 2 aliphatic rings. The highest BCUT2D eigenvalue weighted by Crippen LogP contribution is 2.31. The highest BCUT2D eigenvalue weighted by atomic mass is 32.2. The Kier molecular flexibility index (Phi) is 6.04. The summed E-state index contributed by atoms with van der Waals surface area (Å²) >= 11 is 1.75. The second-order valence-corrected chi connectivity index (χ2v) is 8.95. The zero-order valence-corrected chi connectivity index (χ0v) is 18.2. The van der Waals surface area contributed by atoms with E-state index < -0.39 is 5.97 Å². The fourth-order valence-corrected chi connectivity index (χ4v) is 5.56. The van der Waals surface area contributed by atoms with Crippen molar-refractivity contribution in [1.29, 1.82) is 0 Å². The van der Waals surface area contributed by atoms with Crippen molar-refractivity contribution in [2.75, 3.05) is 43.4 Å². The molecule has 7 nitrogen and oxygen atoms in total. The second-order valence-electron chi connectivity index (χ2n) is 7.64. The first-order valence-corrected chi connectivity index (χ1v) is 11.5. The molecule has 1 aromatic heterocycles. The van der Waals surface area contributed by atoms with E-state index in [0.29, 0.717) is 31.9 Å². The van der Waals surface area contributed by atoms with Gasteiger partial charge in [0.2, 0.25) is 5.91 Å². The summed E-state index contributed by atoms with van der Waals surface area (Å²) in [5, 5.41) is 0.922. The van der Waals surface area contributed by atoms with Crippen LogP contribution in [-0.4, -0.2) is 65.1 Å². The number of hydrogen-bond donors (Lipinski definition) is 0. The Morgan fingerprint density at radius 2 is 1.90 bits per heavy atom. The van der Waals surface area contributed by atoms with Crippen molar-refractivity contribution in [3.05, 3.63) is 40.2 Å². The molecule has 0 unspecified atom stereocenters. The molecular weight excluding hydrogens is 402 g/mol. The molecule has 1 atom stereocenters. The van der Waals surface area contributed by atoms with Crippen molar-refractivity contribution >= 4 is 40.2 Å². The van der Waals surface area contributed by atoms with Gasteiger partial charge in [-0.3, -0.25) is 9.59 Å². The number of hydrogen-bond acceptors (Lipinski definition) is 6. The third-order valence-electron chi connectivity index (χ3n) is 5.87. The van der Waals surface area contributed by atoms with Crippen molar-refractivity contribution in [3.8, 4) is 0 Å². The SMILES string of the molecule is CCOC(=O)c1c(N2CCN(C(=O)[C@H]3CCCS3)CC2)c2ccccc2n(C)c1=O. The lowest BCUT2D eigenvalue weighted by molar-refractivity contribution is -0.130. The van der Waals surface area contributed by atoms with Crippen molar-refractivity contribution in [3.63, 3.8) is 0 Å². The van der Waals surface area contributed by atoms with Crippen LogP contribution >= 0.6 is 11.8 Å². The van der Waals surface area contributed by atoms with Gasteiger partial charge in [0.25, 0.3) is 5.56 Å². The topological polar surface area (TPSA) is 71.8 Å². The van der Waals surface area contributed by atoms with Crippen LogP contribution in [-0.2, 0) is 16.6 Å². The average molecular weight is 430 g/mol. The Labute approximate surface area is 180 Å². The zero-order chi connectivity index (χ0) is 21.3. The van der Waals surface area contributed by atoms with Gasteiger partial charge < -0.3 is 19.1 Å². The van der Waals surface area contributed by atoms with Crippen LogP contribution in [0, 0.1) is 0 Å². The number of thioether (sulfide) groups is 1. The smallest absolute Gasteiger partial charge is 0.345 e. The van der Waals surface area contributed by atoms with Crippen LogP contribution in [0.2, 0.25) is 0 Å². The van der Waals surface area contributed by atoms with Gasteiger partial charge in [-0.2, -0.15) is 0 Å². The first-order chi connectivity index (χ1) is 14.5. The van der Waals surface area contributed by atoms with E-state index in [1.54, 1.807) is 25.7 Å². The molecule has 3 heterocycles. The van der Waals surface area contributed by atoms with Crippen LogP contribution in [0.4, 0.5) is 5.69 Å². The Balaban J connectivity index is 1.69. The largest absolute Gasteiger partial charge is 0.462 e. The van der Waals surface area contributed by atoms with Crippen LogP contribution in [0.3, 0.4) is 0 Å². The molecule has 160 valence electrons. The number of ether oxygens (including phenoxy) is 1. The Morgan fingerprint density at radius 1 is 1.17 bits per heavy atom. The van der Waals surface area contributed by atoms with Gasteiger partial charge in [0.1, 0.15) is 5.56 Å². The minimum Gasteiger partial charge on any atom is -0.462 e. The molecule has 0 saturated carbocycles. The highest BCUT2D eigenvalue weighted by molar-refractivity contribution is 8.00. The van der Waals surface area contributed by atoms with Crippen molar-refractivity contribution in [1.82, 2.24) is 9.47 Å². The summed E-state index contributed by atoms with van der Waals surface area (Å²) in [5.74, 6) is 0.676. The third kappa shape index (κ3) is 3.69. The molecule has 0 N–H and O–H groups in total. The molecule has 0 spiro atoms. The van der Waals surface area contributed by atoms with Gasteiger partial charge in [-0.1, -0.05) is 18.2 Å². The summed E-state index contributed by atoms with van der Waals surface area (Å²) in [6, 6.07) is 7.60. The lowest BCUT2D eigenvalue weighted by Gasteiger charge is -2.38. The minimum absolute atomic E-state index is 0.0733. The van der Waals surface area contributed by atoms with E-state index in [2.05, 4.69) is 4.90 Å². The molecule has 1 amide bonds. The van der Waals surface area contributed by atoms with Gasteiger partial charge in [0, 0.05) is 38.6 Å². The van der Waals surface area contributed by atoms with Crippen LogP contribution in [0.15, 0.2) is 29.1 Å². The quantitative estimate of drug-likeness (QED) is 0.695. The lowest BCUT2D eigenvalue weighted by atomic mass is 10.1. The average Bonchev–Trinajstić information content (AvgIpc) is 3.31. The second kappa shape index (κ2) is 8.71. The number of aryl methyl sites for hydroxylation is 1. The van der Waals surface area contributed by atoms with E-state index in [1.807, 2.05) is 29.2 Å². The molecule has 2 aromatic rings. The molecule has 8 heteroatoms. The number of pyridine rings is 1. The monoisotopic (exact) mass is 429 g/mol. The molecule has 2 aliphatic heterocycles. The minimum atomic E-state index is -0.597. The summed E-state index contributed by atoms with van der Waals surface area (Å²) in [6.45, 7) is 4.26. The molecule has 4 rings (SSSR count). The van der Waals surface area contributed by atoms with E-state index >= 15 is 0 Å². The predicted molar refractivity (Wildman–Crippen MR) is 119 cm³/mol. The van der Waals surface area contributed by atoms with Crippen LogP contribution < -0.4 is 10.5 Å². The van der Waals surface area contributed by atoms with E-state index in [1.165, 1.54) is 4.57 Å². The Morgan fingerprint density at radius 3 is 2.57 bits per heavy atom. The number of piperazine rings is 1. The summed E-state index contributed by atoms with van der Waals surface area (Å²) < 4.78 is 6.73. The van der Waals surface area contributed by atoms with Gasteiger partial charge in [-0.15, -0.1) is 11.8 Å². The first kappa shape index (κ1) is 20.8. The van der Waals surface area contributed by atoms with E-state index in [4.69, 9.17) is 4.74 Å². The van der Waals surface area contributed by atoms with E-state index in [-0.39, 0.29) is 28.9 Å². The fourth-order valence-electron chi connectivity index (χ4n) is 4.32. The van der Waals surface area contributed by atoms with Gasteiger partial charge in [-0.05, 0) is 31.6 Å². The number of fused-ring (bicyclic) bond motifs is 1. The molecule has 0 bridgehead atoms. The molecule has 2 fully saturated rings. The number of nitrogens with zero attached hydrogens (tertiary/aromatic N) is 3. The lowest BCUT2D eigenvalue weighted by Crippen LogP contribution is -2.51. The number of amides is 1. The number of aromatic nitrogens is 1. The summed E-state index contributed by atoms with van der Waals surface area (Å²) in [6.07, 6.45) is 2.05. The standard InChI is InChI=1S/C22H27N3O4S/c1-3-29-22(28)18-19(15-7-4-5-8-16(15)23(2)21(18)27)24-10-12-25(13-11-24)20(26)17-9-6-14-30-17/h4-5,7-8,17H,3,6,9-14H2,1-2H3/t17-/m1/s1. The normalized spacial score (nSPS) is 19.3. The fraction of sp³-hybridized carbons (Fsp3) is 0.500. The molecule has 30 heavy (non-hydrogen) atoms. The highest BCUT2D eigenvalue weighted by Gasteiger charge is 2.32. The predicted octanol–water partition coefficient (Wildman–Crippen LogP) is 2.26. The summed E-state index contributed by atoms with van der Waals surface area (Å²) in [4.78, 5) is 42.6. The van der Waals surface area contributed by atoms with E-state index in [0.717, 1.165) is 29.5 Å². The number of benzene rings is 1. The van der Waals surface area contributed by atoms with Crippen molar-refractivity contribution < 1.29 is 14.3 Å². The number of carbonyl (C=O) groups excluding carboxylic acids is 2. The maximum absolute atomic E-state index is 13.1. The summed E-state index contributed by atoms with van der Waals surface area (Å²) in [5.41, 5.74) is 1.10. The molecule has 1 aromatic carbocycles. The molecular formula is C22H27N3O4S. The van der Waals surface area contributed by atoms with Crippen molar-refractivity contribution in [2.45, 2.75) is 25.0 Å². The Bertz CT molecular complexity index is 1020. The van der Waals surface area contributed by atoms with Gasteiger partial charge in [0.15, 0.2) is 0 Å². The number of rotatable bonds is 4.